The molecule has 1 saturated heterocycles. The maximum Gasteiger partial charge on any atom is 0.223 e. The zero-order chi connectivity index (χ0) is 16.9. The highest BCUT2D eigenvalue weighted by Gasteiger charge is 2.28. The SMILES string of the molecule is CNCC1CCCN1C(=O)CCC(=O)c1ccc2c(c1)CCCC2. The molecule has 4 heteroatoms. The largest absolute Gasteiger partial charge is 0.338 e. The van der Waals surface area contributed by atoms with Gasteiger partial charge >= 0.3 is 0 Å². The number of ketones is 1. The van der Waals surface area contributed by atoms with Crippen molar-refractivity contribution in [3.63, 3.8) is 0 Å². The van der Waals surface area contributed by atoms with Crippen molar-refractivity contribution in [2.75, 3.05) is 20.1 Å². The predicted octanol–water partition coefficient (Wildman–Crippen LogP) is 2.74. The third-order valence-corrected chi connectivity index (χ3v) is 5.37. The van der Waals surface area contributed by atoms with E-state index in [-0.39, 0.29) is 11.7 Å². The molecule has 4 nitrogen and oxygen atoms in total. The lowest BCUT2D eigenvalue weighted by Gasteiger charge is -2.24. The van der Waals surface area contributed by atoms with E-state index in [1.54, 1.807) is 0 Å². The number of likely N-dealkylation sites (tertiary alicyclic amines) is 1. The fourth-order valence-corrected chi connectivity index (χ4v) is 4.03. The molecule has 130 valence electrons. The first kappa shape index (κ1) is 17.2. The highest BCUT2D eigenvalue weighted by Crippen LogP contribution is 2.23. The fourth-order valence-electron chi connectivity index (χ4n) is 4.03. The Morgan fingerprint density at radius 2 is 1.92 bits per heavy atom. The minimum Gasteiger partial charge on any atom is -0.338 e. The summed E-state index contributed by atoms with van der Waals surface area (Å²) in [7, 11) is 1.92. The van der Waals surface area contributed by atoms with Crippen molar-refractivity contribution in [1.82, 2.24) is 10.2 Å². The van der Waals surface area contributed by atoms with E-state index in [1.165, 1.54) is 24.0 Å². The molecular formula is C20H28N2O2. The van der Waals surface area contributed by atoms with E-state index >= 15 is 0 Å². The molecule has 1 unspecified atom stereocenters. The summed E-state index contributed by atoms with van der Waals surface area (Å²) in [6.45, 7) is 1.67. The van der Waals surface area contributed by atoms with E-state index in [2.05, 4.69) is 17.4 Å². The monoisotopic (exact) mass is 328 g/mol. The molecule has 0 radical (unpaired) electrons. The van der Waals surface area contributed by atoms with Crippen LogP contribution < -0.4 is 5.32 Å². The maximum atomic E-state index is 12.5. The molecule has 1 atom stereocenters. The van der Waals surface area contributed by atoms with Crippen LogP contribution in [0.2, 0.25) is 0 Å². The second-order valence-corrected chi connectivity index (χ2v) is 7.05. The Balaban J connectivity index is 1.56. The Morgan fingerprint density at radius 3 is 2.71 bits per heavy atom. The van der Waals surface area contributed by atoms with Crippen LogP contribution in [0.4, 0.5) is 0 Å². The average molecular weight is 328 g/mol. The van der Waals surface area contributed by atoms with Crippen molar-refractivity contribution in [1.29, 1.82) is 0 Å². The summed E-state index contributed by atoms with van der Waals surface area (Å²) in [4.78, 5) is 26.9. The molecule has 1 N–H and O–H groups in total. The quantitative estimate of drug-likeness (QED) is 0.817. The Labute approximate surface area is 144 Å². The van der Waals surface area contributed by atoms with Crippen molar-refractivity contribution in [2.24, 2.45) is 0 Å². The van der Waals surface area contributed by atoms with Gasteiger partial charge in [0.1, 0.15) is 0 Å². The molecular weight excluding hydrogens is 300 g/mol. The molecule has 0 aromatic heterocycles. The lowest BCUT2D eigenvalue weighted by molar-refractivity contribution is -0.131. The number of Topliss-reactive ketones (excluding diaryl/α,β-unsaturated/α-hetero) is 1. The second-order valence-electron chi connectivity index (χ2n) is 7.05. The van der Waals surface area contributed by atoms with Gasteiger partial charge in [-0.3, -0.25) is 9.59 Å². The number of nitrogens with zero attached hydrogens (tertiary/aromatic N) is 1. The van der Waals surface area contributed by atoms with Crippen molar-refractivity contribution < 1.29 is 9.59 Å². The molecule has 0 bridgehead atoms. The number of hydrogen-bond acceptors (Lipinski definition) is 3. The van der Waals surface area contributed by atoms with Gasteiger partial charge in [-0.25, -0.2) is 0 Å². The number of nitrogens with one attached hydrogen (secondary N) is 1. The molecule has 1 aromatic carbocycles. The summed E-state index contributed by atoms with van der Waals surface area (Å²) in [5.74, 6) is 0.222. The topological polar surface area (TPSA) is 49.4 Å². The van der Waals surface area contributed by atoms with Crippen molar-refractivity contribution >= 4 is 11.7 Å². The van der Waals surface area contributed by atoms with Crippen LogP contribution in [-0.2, 0) is 17.6 Å². The van der Waals surface area contributed by atoms with Crippen LogP contribution in [0.3, 0.4) is 0 Å². The molecule has 1 aliphatic heterocycles. The predicted molar refractivity (Wildman–Crippen MR) is 95.3 cm³/mol. The third kappa shape index (κ3) is 3.86. The first-order valence-corrected chi connectivity index (χ1v) is 9.28. The number of amides is 1. The minimum absolute atomic E-state index is 0.0982. The lowest BCUT2D eigenvalue weighted by Crippen LogP contribution is -2.40. The van der Waals surface area contributed by atoms with Crippen molar-refractivity contribution in [3.8, 4) is 0 Å². The van der Waals surface area contributed by atoms with E-state index in [1.807, 2.05) is 18.0 Å². The number of likely N-dealkylation sites (N-methyl/N-ethyl adjacent to an activating group) is 1. The Bertz CT molecular complexity index is 612. The van der Waals surface area contributed by atoms with Crippen LogP contribution in [0.15, 0.2) is 18.2 Å². The highest BCUT2D eigenvalue weighted by atomic mass is 16.2. The first-order valence-electron chi connectivity index (χ1n) is 9.28. The van der Waals surface area contributed by atoms with E-state index in [0.29, 0.717) is 18.9 Å². The van der Waals surface area contributed by atoms with Crippen LogP contribution in [0.25, 0.3) is 0 Å². The zero-order valence-corrected chi connectivity index (χ0v) is 14.6. The molecule has 24 heavy (non-hydrogen) atoms. The number of rotatable bonds is 6. The van der Waals surface area contributed by atoms with Gasteiger partial charge in [0.15, 0.2) is 5.78 Å². The van der Waals surface area contributed by atoms with Crippen LogP contribution in [0, 0.1) is 0 Å². The summed E-state index contributed by atoms with van der Waals surface area (Å²) >= 11 is 0. The first-order chi connectivity index (χ1) is 11.7. The number of carbonyl (C=O) groups excluding carboxylic acids is 2. The van der Waals surface area contributed by atoms with Gasteiger partial charge in [0.25, 0.3) is 0 Å². The Morgan fingerprint density at radius 1 is 1.12 bits per heavy atom. The van der Waals surface area contributed by atoms with E-state index in [0.717, 1.165) is 44.3 Å². The summed E-state index contributed by atoms with van der Waals surface area (Å²) in [6, 6.07) is 6.39. The summed E-state index contributed by atoms with van der Waals surface area (Å²) in [5, 5.41) is 3.15. The van der Waals surface area contributed by atoms with Crippen LogP contribution in [-0.4, -0.2) is 42.8 Å². The van der Waals surface area contributed by atoms with Crippen molar-refractivity contribution in [2.45, 2.75) is 57.4 Å². The number of carbonyl (C=O) groups is 2. The Hall–Kier alpha value is -1.68. The molecule has 1 amide bonds. The molecule has 2 aliphatic rings. The molecule has 1 heterocycles. The lowest BCUT2D eigenvalue weighted by atomic mass is 9.89. The third-order valence-electron chi connectivity index (χ3n) is 5.37. The van der Waals surface area contributed by atoms with Gasteiger partial charge in [0.2, 0.25) is 5.91 Å². The zero-order valence-electron chi connectivity index (χ0n) is 14.6. The highest BCUT2D eigenvalue weighted by molar-refractivity contribution is 5.98. The van der Waals surface area contributed by atoms with Crippen LogP contribution in [0.1, 0.15) is 60.0 Å². The van der Waals surface area contributed by atoms with E-state index in [4.69, 9.17) is 0 Å². The molecule has 0 saturated carbocycles. The molecule has 1 aliphatic carbocycles. The molecule has 1 aromatic rings. The summed E-state index contributed by atoms with van der Waals surface area (Å²) in [6.07, 6.45) is 7.45. The van der Waals surface area contributed by atoms with Gasteiger partial charge in [-0.1, -0.05) is 12.1 Å². The molecule has 0 spiro atoms. The number of hydrogen-bond donors (Lipinski definition) is 1. The maximum absolute atomic E-state index is 12.5. The van der Waals surface area contributed by atoms with Crippen LogP contribution >= 0.6 is 0 Å². The van der Waals surface area contributed by atoms with E-state index < -0.39 is 0 Å². The number of benzene rings is 1. The van der Waals surface area contributed by atoms with Crippen LogP contribution in [0.5, 0.6) is 0 Å². The van der Waals surface area contributed by atoms with Gasteiger partial charge < -0.3 is 10.2 Å². The minimum atomic E-state index is 0.0982. The molecule has 1 fully saturated rings. The van der Waals surface area contributed by atoms with Gasteiger partial charge in [-0.15, -0.1) is 0 Å². The average Bonchev–Trinajstić information content (AvgIpc) is 3.07. The summed E-state index contributed by atoms with van der Waals surface area (Å²) < 4.78 is 0. The number of aryl methyl sites for hydroxylation is 2. The van der Waals surface area contributed by atoms with Gasteiger partial charge in [0.05, 0.1) is 0 Å². The normalized spacial score (nSPS) is 20.0. The molecule has 3 rings (SSSR count). The number of fused-ring (bicyclic) bond motifs is 1. The standard InChI is InChI=1S/C20H28N2O2/c1-21-14-18-7-4-12-22(18)20(24)11-10-19(23)17-9-8-15-5-2-3-6-16(15)13-17/h8-9,13,18,21H,2-7,10-12,14H2,1H3. The Kier molecular flexibility index (Phi) is 5.67. The fraction of sp³-hybridized carbons (Fsp3) is 0.600. The van der Waals surface area contributed by atoms with Gasteiger partial charge in [0, 0.05) is 37.5 Å². The smallest absolute Gasteiger partial charge is 0.223 e. The van der Waals surface area contributed by atoms with Crippen molar-refractivity contribution in [3.05, 3.63) is 34.9 Å². The van der Waals surface area contributed by atoms with Gasteiger partial charge in [-0.2, -0.15) is 0 Å². The summed E-state index contributed by atoms with van der Waals surface area (Å²) in [5.41, 5.74) is 3.49. The van der Waals surface area contributed by atoms with E-state index in [9.17, 15) is 9.59 Å². The van der Waals surface area contributed by atoms with Gasteiger partial charge in [-0.05, 0) is 62.8 Å². The second kappa shape index (κ2) is 7.93.